The molecule has 0 spiro atoms. The third kappa shape index (κ3) is 6.63. The van der Waals surface area contributed by atoms with Crippen LogP contribution in [0.1, 0.15) is 17.5 Å². The van der Waals surface area contributed by atoms with Crippen LogP contribution in [-0.2, 0) is 19.6 Å². The molecule has 0 radical (unpaired) electrons. The van der Waals surface area contributed by atoms with Crippen LogP contribution in [-0.4, -0.2) is 33.3 Å². The van der Waals surface area contributed by atoms with Gasteiger partial charge in [-0.1, -0.05) is 17.7 Å². The van der Waals surface area contributed by atoms with Crippen LogP contribution >= 0.6 is 11.6 Å². The van der Waals surface area contributed by atoms with Gasteiger partial charge in [0, 0.05) is 23.7 Å². The second-order valence-corrected chi connectivity index (χ2v) is 8.43. The Morgan fingerprint density at radius 3 is 2.29 bits per heavy atom. The molecule has 0 saturated heterocycles. The van der Waals surface area contributed by atoms with Gasteiger partial charge in [-0.3, -0.25) is 9.59 Å². The summed E-state index contributed by atoms with van der Waals surface area (Å²) >= 11 is 5.77. The van der Waals surface area contributed by atoms with Crippen molar-refractivity contribution >= 4 is 39.1 Å². The number of carbonyl (C=O) groups is 2. The van der Waals surface area contributed by atoms with Gasteiger partial charge in [0.25, 0.3) is 0 Å². The molecule has 0 bridgehead atoms. The van der Waals surface area contributed by atoms with Crippen molar-refractivity contribution in [3.05, 3.63) is 58.6 Å². The lowest BCUT2D eigenvalue weighted by Crippen LogP contribution is -2.35. The Balaban J connectivity index is 1.75. The second-order valence-electron chi connectivity index (χ2n) is 6.23. The summed E-state index contributed by atoms with van der Waals surface area (Å²) < 4.78 is 26.9. The molecule has 2 aromatic carbocycles. The Labute approximate surface area is 169 Å². The van der Waals surface area contributed by atoms with E-state index >= 15 is 0 Å². The normalized spacial score (nSPS) is 11.1. The molecule has 0 aliphatic rings. The Kier molecular flexibility index (Phi) is 7.56. The average Bonchev–Trinajstić information content (AvgIpc) is 2.64. The van der Waals surface area contributed by atoms with Crippen molar-refractivity contribution in [2.24, 2.45) is 0 Å². The van der Waals surface area contributed by atoms with E-state index in [9.17, 15) is 18.0 Å². The number of halogens is 1. The first-order valence-electron chi connectivity index (χ1n) is 8.56. The number of nitrogens with one attached hydrogen (secondary N) is 3. The minimum Gasteiger partial charge on any atom is -0.347 e. The number of rotatable bonds is 8. The van der Waals surface area contributed by atoms with Crippen LogP contribution in [0.2, 0.25) is 5.02 Å². The van der Waals surface area contributed by atoms with Crippen molar-refractivity contribution in [1.82, 2.24) is 10.0 Å². The molecule has 0 unspecified atom stereocenters. The Morgan fingerprint density at radius 2 is 1.64 bits per heavy atom. The molecule has 0 atom stereocenters. The van der Waals surface area contributed by atoms with E-state index in [-0.39, 0.29) is 24.4 Å². The first-order chi connectivity index (χ1) is 13.2. The number of hydrogen-bond acceptors (Lipinski definition) is 4. The fourth-order valence-corrected chi connectivity index (χ4v) is 3.51. The van der Waals surface area contributed by atoms with E-state index in [2.05, 4.69) is 15.4 Å². The first-order valence-corrected chi connectivity index (χ1v) is 10.4. The zero-order valence-electron chi connectivity index (χ0n) is 15.6. The van der Waals surface area contributed by atoms with E-state index in [0.29, 0.717) is 10.7 Å². The molecule has 28 heavy (non-hydrogen) atoms. The highest BCUT2D eigenvalue weighted by molar-refractivity contribution is 7.89. The Morgan fingerprint density at radius 1 is 0.964 bits per heavy atom. The maximum Gasteiger partial charge on any atom is 0.243 e. The first kappa shape index (κ1) is 21.9. The fourth-order valence-electron chi connectivity index (χ4n) is 2.27. The minimum absolute atomic E-state index is 0.0695. The molecular formula is C19H22ClN3O4S. The van der Waals surface area contributed by atoms with Gasteiger partial charge in [-0.25, -0.2) is 13.1 Å². The molecule has 0 saturated carbocycles. The van der Waals surface area contributed by atoms with Crippen LogP contribution in [0.4, 0.5) is 5.69 Å². The standard InChI is InChI=1S/C19H22ClN3O4S/c1-13-3-8-17(11-14(13)2)28(26,27)22-10-9-18(24)21-12-19(25)23-16-6-4-15(20)5-7-16/h3-8,11,22H,9-10,12H2,1-2H3,(H,21,24)(H,23,25). The van der Waals surface area contributed by atoms with Crippen LogP contribution in [0.15, 0.2) is 47.4 Å². The minimum atomic E-state index is -3.69. The lowest BCUT2D eigenvalue weighted by Gasteiger charge is -2.09. The van der Waals surface area contributed by atoms with E-state index in [1.54, 1.807) is 36.4 Å². The monoisotopic (exact) mass is 423 g/mol. The van der Waals surface area contributed by atoms with Crippen LogP contribution in [0.25, 0.3) is 0 Å². The lowest BCUT2D eigenvalue weighted by atomic mass is 10.1. The van der Waals surface area contributed by atoms with Crippen LogP contribution < -0.4 is 15.4 Å². The van der Waals surface area contributed by atoms with Gasteiger partial charge in [0.1, 0.15) is 0 Å². The second kappa shape index (κ2) is 9.68. The summed E-state index contributed by atoms with van der Waals surface area (Å²) in [5.74, 6) is -0.833. The highest BCUT2D eigenvalue weighted by Crippen LogP contribution is 2.14. The largest absolute Gasteiger partial charge is 0.347 e. The predicted octanol–water partition coefficient (Wildman–Crippen LogP) is 2.38. The highest BCUT2D eigenvalue weighted by atomic mass is 35.5. The average molecular weight is 424 g/mol. The summed E-state index contributed by atoms with van der Waals surface area (Å²) in [7, 11) is -3.69. The number of anilines is 1. The summed E-state index contributed by atoms with van der Waals surface area (Å²) in [5.41, 5.74) is 2.42. The topological polar surface area (TPSA) is 104 Å². The number of benzene rings is 2. The van der Waals surface area contributed by atoms with Gasteiger partial charge < -0.3 is 10.6 Å². The van der Waals surface area contributed by atoms with Gasteiger partial charge in [-0.05, 0) is 61.4 Å². The van der Waals surface area contributed by atoms with E-state index in [1.807, 2.05) is 13.8 Å². The third-order valence-electron chi connectivity index (χ3n) is 4.01. The van der Waals surface area contributed by atoms with Crippen molar-refractivity contribution < 1.29 is 18.0 Å². The molecule has 2 aromatic rings. The van der Waals surface area contributed by atoms with Crippen LogP contribution in [0, 0.1) is 13.8 Å². The maximum absolute atomic E-state index is 12.3. The molecule has 7 nitrogen and oxygen atoms in total. The summed E-state index contributed by atoms with van der Waals surface area (Å²) in [6, 6.07) is 11.4. The molecule has 0 aliphatic carbocycles. The van der Waals surface area contributed by atoms with Crippen molar-refractivity contribution in [3.63, 3.8) is 0 Å². The number of amides is 2. The summed E-state index contributed by atoms with van der Waals surface area (Å²) in [6.07, 6.45) is -0.0850. The molecule has 0 aromatic heterocycles. The van der Waals surface area contributed by atoms with Crippen molar-refractivity contribution in [2.45, 2.75) is 25.2 Å². The molecule has 9 heteroatoms. The number of aryl methyl sites for hydroxylation is 2. The molecule has 0 heterocycles. The maximum atomic E-state index is 12.3. The van der Waals surface area contributed by atoms with Crippen LogP contribution in [0.3, 0.4) is 0 Å². The predicted molar refractivity (Wildman–Crippen MR) is 109 cm³/mol. The van der Waals surface area contributed by atoms with E-state index < -0.39 is 21.8 Å². The van der Waals surface area contributed by atoms with Gasteiger partial charge in [0.05, 0.1) is 11.4 Å². The quantitative estimate of drug-likeness (QED) is 0.606. The highest BCUT2D eigenvalue weighted by Gasteiger charge is 2.15. The van der Waals surface area contributed by atoms with Crippen LogP contribution in [0.5, 0.6) is 0 Å². The molecule has 3 N–H and O–H groups in total. The molecule has 0 aliphatic heterocycles. The molecule has 0 fully saturated rings. The molecule has 2 amide bonds. The Hall–Kier alpha value is -2.42. The fraction of sp³-hybridized carbons (Fsp3) is 0.263. The number of hydrogen-bond donors (Lipinski definition) is 3. The summed E-state index contributed by atoms with van der Waals surface area (Å²) in [5, 5.41) is 5.61. The molecule has 2 rings (SSSR count). The number of sulfonamides is 1. The number of carbonyl (C=O) groups excluding carboxylic acids is 2. The van der Waals surface area contributed by atoms with Gasteiger partial charge in [0.15, 0.2) is 0 Å². The lowest BCUT2D eigenvalue weighted by molar-refractivity contribution is -0.124. The van der Waals surface area contributed by atoms with Gasteiger partial charge in [-0.2, -0.15) is 0 Å². The molecule has 150 valence electrons. The van der Waals surface area contributed by atoms with E-state index in [1.165, 1.54) is 6.07 Å². The summed E-state index contributed by atoms with van der Waals surface area (Å²) in [4.78, 5) is 23.8. The van der Waals surface area contributed by atoms with E-state index in [4.69, 9.17) is 11.6 Å². The summed E-state index contributed by atoms with van der Waals surface area (Å²) in [6.45, 7) is 3.44. The van der Waals surface area contributed by atoms with Gasteiger partial charge in [0.2, 0.25) is 21.8 Å². The Bertz CT molecular complexity index is 960. The zero-order chi connectivity index (χ0) is 20.7. The van der Waals surface area contributed by atoms with Crippen molar-refractivity contribution in [3.8, 4) is 0 Å². The van der Waals surface area contributed by atoms with Gasteiger partial charge in [-0.15, -0.1) is 0 Å². The van der Waals surface area contributed by atoms with E-state index in [0.717, 1.165) is 11.1 Å². The van der Waals surface area contributed by atoms with Crippen molar-refractivity contribution in [2.75, 3.05) is 18.4 Å². The smallest absolute Gasteiger partial charge is 0.243 e. The SMILES string of the molecule is Cc1ccc(S(=O)(=O)NCCC(=O)NCC(=O)Nc2ccc(Cl)cc2)cc1C. The molecular weight excluding hydrogens is 402 g/mol. The van der Waals surface area contributed by atoms with Crippen molar-refractivity contribution in [1.29, 1.82) is 0 Å². The third-order valence-corrected chi connectivity index (χ3v) is 5.72. The zero-order valence-corrected chi connectivity index (χ0v) is 17.2. The van der Waals surface area contributed by atoms with Gasteiger partial charge >= 0.3 is 0 Å².